The molecule has 3 aromatic carbocycles. The largest absolute Gasteiger partial charge is 0.486 e. The van der Waals surface area contributed by atoms with E-state index in [9.17, 15) is 8.78 Å². The van der Waals surface area contributed by atoms with Crippen molar-refractivity contribution < 1.29 is 13.5 Å². The maximum Gasteiger partial charge on any atom is 0.270 e. The third kappa shape index (κ3) is 5.89. The zero-order chi connectivity index (χ0) is 19.8. The van der Waals surface area contributed by atoms with Crippen molar-refractivity contribution in [2.24, 2.45) is 0 Å². The minimum atomic E-state index is -2.85. The van der Waals surface area contributed by atoms with Crippen molar-refractivity contribution in [1.82, 2.24) is 5.32 Å². The van der Waals surface area contributed by atoms with Crippen molar-refractivity contribution in [2.75, 3.05) is 6.54 Å². The number of nitrogens with one attached hydrogen (secondary N) is 1. The lowest BCUT2D eigenvalue weighted by molar-refractivity contribution is 0.0174. The first kappa shape index (κ1) is 20.0. The summed E-state index contributed by atoms with van der Waals surface area (Å²) in [7, 11) is 0. The second kappa shape index (κ2) is 9.47. The van der Waals surface area contributed by atoms with Gasteiger partial charge in [-0.3, -0.25) is 0 Å². The second-order valence-electron chi connectivity index (χ2n) is 6.88. The maximum atomic E-state index is 13.4. The molecule has 2 nitrogen and oxygen atoms in total. The molecule has 0 aromatic heterocycles. The molecule has 3 rings (SSSR count). The molecule has 28 heavy (non-hydrogen) atoms. The third-order valence-electron chi connectivity index (χ3n) is 4.57. The van der Waals surface area contributed by atoms with Crippen molar-refractivity contribution in [1.29, 1.82) is 0 Å². The van der Waals surface area contributed by atoms with Crippen LogP contribution in [0.5, 0.6) is 5.75 Å². The van der Waals surface area contributed by atoms with Gasteiger partial charge in [0.2, 0.25) is 0 Å². The molecule has 0 heterocycles. The van der Waals surface area contributed by atoms with Gasteiger partial charge in [0, 0.05) is 25.5 Å². The highest BCUT2D eigenvalue weighted by atomic mass is 19.3. The minimum Gasteiger partial charge on any atom is -0.486 e. The molecule has 0 saturated heterocycles. The maximum absolute atomic E-state index is 13.4. The van der Waals surface area contributed by atoms with Gasteiger partial charge in [-0.1, -0.05) is 60.7 Å². The zero-order valence-electron chi connectivity index (χ0n) is 15.9. The summed E-state index contributed by atoms with van der Waals surface area (Å²) in [6.07, 6.45) is 0.611. The van der Waals surface area contributed by atoms with Crippen LogP contribution in [0.15, 0.2) is 84.9 Å². The molecule has 1 atom stereocenters. The Morgan fingerprint density at radius 1 is 0.857 bits per heavy atom. The molecule has 0 radical (unpaired) electrons. The third-order valence-corrected chi connectivity index (χ3v) is 4.57. The summed E-state index contributed by atoms with van der Waals surface area (Å²) in [4.78, 5) is 0. The fourth-order valence-corrected chi connectivity index (χ4v) is 3.01. The zero-order valence-corrected chi connectivity index (χ0v) is 15.9. The van der Waals surface area contributed by atoms with E-state index in [1.54, 1.807) is 12.1 Å². The summed E-state index contributed by atoms with van der Waals surface area (Å²) in [5.74, 6) is -2.26. The van der Waals surface area contributed by atoms with Gasteiger partial charge < -0.3 is 10.1 Å². The first-order valence-corrected chi connectivity index (χ1v) is 9.47. The van der Waals surface area contributed by atoms with Crippen LogP contribution in [0.25, 0.3) is 0 Å². The fourth-order valence-electron chi connectivity index (χ4n) is 3.01. The number of hydrogen-bond donors (Lipinski definition) is 1. The molecular weight excluding hydrogens is 356 g/mol. The van der Waals surface area contributed by atoms with Crippen LogP contribution in [0.4, 0.5) is 8.78 Å². The Bertz CT molecular complexity index is 830. The molecule has 146 valence electrons. The minimum absolute atomic E-state index is 0.0133. The second-order valence-corrected chi connectivity index (χ2v) is 6.88. The summed E-state index contributed by atoms with van der Waals surface area (Å²) in [6, 6.07) is 26.3. The van der Waals surface area contributed by atoms with Crippen LogP contribution in [0, 0.1) is 0 Å². The highest BCUT2D eigenvalue weighted by molar-refractivity contribution is 5.30. The summed E-state index contributed by atoms with van der Waals surface area (Å²) in [5, 5.41) is 3.44. The van der Waals surface area contributed by atoms with Gasteiger partial charge in [0.15, 0.2) is 0 Å². The lowest BCUT2D eigenvalue weighted by Crippen LogP contribution is -2.19. The monoisotopic (exact) mass is 381 g/mol. The van der Waals surface area contributed by atoms with Crippen LogP contribution in [-0.2, 0) is 12.5 Å². The van der Waals surface area contributed by atoms with Crippen molar-refractivity contribution in [3.05, 3.63) is 102 Å². The number of hydrogen-bond acceptors (Lipinski definition) is 2. The fraction of sp³-hybridized carbons (Fsp3) is 0.250. The van der Waals surface area contributed by atoms with Gasteiger partial charge in [-0.2, -0.15) is 0 Å². The van der Waals surface area contributed by atoms with Gasteiger partial charge in [-0.15, -0.1) is 0 Å². The van der Waals surface area contributed by atoms with E-state index in [0.29, 0.717) is 5.75 Å². The van der Waals surface area contributed by atoms with Crippen molar-refractivity contribution in [3.8, 4) is 5.75 Å². The van der Waals surface area contributed by atoms with Crippen LogP contribution >= 0.6 is 0 Å². The molecule has 4 heteroatoms. The Hall–Kier alpha value is -2.72. The molecule has 1 unspecified atom stereocenters. The molecule has 0 fully saturated rings. The smallest absolute Gasteiger partial charge is 0.270 e. The van der Waals surface area contributed by atoms with Gasteiger partial charge in [-0.05, 0) is 41.9 Å². The summed E-state index contributed by atoms with van der Waals surface area (Å²) >= 11 is 0. The number of halogens is 2. The standard InChI is InChI=1S/C24H25F2NO/c1-24(25,26)21-12-14-22(15-13-21)28-23(20-10-6-3-7-11-20)16-17-27-18-19-8-4-2-5-9-19/h2-15,23,27H,16-18H2,1H3. The first-order chi connectivity index (χ1) is 13.5. The lowest BCUT2D eigenvalue weighted by Gasteiger charge is -2.21. The van der Waals surface area contributed by atoms with Crippen LogP contribution in [-0.4, -0.2) is 6.54 Å². The number of benzene rings is 3. The average Bonchev–Trinajstić information content (AvgIpc) is 2.71. The Morgan fingerprint density at radius 2 is 1.46 bits per heavy atom. The Labute approximate surface area is 165 Å². The Morgan fingerprint density at radius 3 is 2.07 bits per heavy atom. The quantitative estimate of drug-likeness (QED) is 0.452. The van der Waals surface area contributed by atoms with Crippen LogP contribution in [0.2, 0.25) is 0 Å². The topological polar surface area (TPSA) is 21.3 Å². The van der Waals surface area contributed by atoms with Gasteiger partial charge in [0.25, 0.3) is 5.92 Å². The van der Waals surface area contributed by atoms with E-state index in [1.165, 1.54) is 17.7 Å². The first-order valence-electron chi connectivity index (χ1n) is 9.47. The van der Waals surface area contributed by atoms with Crippen molar-refractivity contribution >= 4 is 0 Å². The van der Waals surface area contributed by atoms with Crippen molar-refractivity contribution in [2.45, 2.75) is 31.9 Å². The lowest BCUT2D eigenvalue weighted by atomic mass is 10.1. The Kier molecular flexibility index (Phi) is 6.77. The SMILES string of the molecule is CC(F)(F)c1ccc(OC(CCNCc2ccccc2)c2ccccc2)cc1. The molecule has 0 spiro atoms. The molecule has 0 aliphatic heterocycles. The van der Waals surface area contributed by atoms with Gasteiger partial charge in [0.05, 0.1) is 0 Å². The number of alkyl halides is 2. The van der Waals surface area contributed by atoms with Gasteiger partial charge >= 0.3 is 0 Å². The predicted octanol–water partition coefficient (Wildman–Crippen LogP) is 6.10. The number of rotatable bonds is 9. The van der Waals surface area contributed by atoms with E-state index in [1.807, 2.05) is 48.5 Å². The van der Waals surface area contributed by atoms with Crippen LogP contribution in [0.1, 0.15) is 36.1 Å². The van der Waals surface area contributed by atoms with E-state index in [0.717, 1.165) is 32.0 Å². The normalized spacial score (nSPS) is 12.5. The molecule has 1 N–H and O–H groups in total. The van der Waals surface area contributed by atoms with Gasteiger partial charge in [-0.25, -0.2) is 8.78 Å². The van der Waals surface area contributed by atoms with Gasteiger partial charge in [0.1, 0.15) is 11.9 Å². The van der Waals surface area contributed by atoms with Crippen molar-refractivity contribution in [3.63, 3.8) is 0 Å². The summed E-state index contributed by atoms with van der Waals surface area (Å²) in [6.45, 7) is 2.47. The van der Waals surface area contributed by atoms with Crippen LogP contribution < -0.4 is 10.1 Å². The number of ether oxygens (including phenoxy) is 1. The highest BCUT2D eigenvalue weighted by Gasteiger charge is 2.24. The van der Waals surface area contributed by atoms with E-state index in [2.05, 4.69) is 17.4 Å². The van der Waals surface area contributed by atoms with E-state index < -0.39 is 5.92 Å². The molecule has 0 aliphatic carbocycles. The van der Waals surface area contributed by atoms with E-state index >= 15 is 0 Å². The molecular formula is C24H25F2NO. The average molecular weight is 381 g/mol. The highest BCUT2D eigenvalue weighted by Crippen LogP contribution is 2.30. The summed E-state index contributed by atoms with van der Waals surface area (Å²) in [5.41, 5.74) is 2.28. The van der Waals surface area contributed by atoms with Crippen LogP contribution in [0.3, 0.4) is 0 Å². The Balaban J connectivity index is 1.62. The molecule has 0 aliphatic rings. The van der Waals surface area contributed by atoms with E-state index in [4.69, 9.17) is 4.74 Å². The molecule has 0 saturated carbocycles. The molecule has 3 aromatic rings. The van der Waals surface area contributed by atoms with E-state index in [-0.39, 0.29) is 11.7 Å². The molecule has 0 amide bonds. The predicted molar refractivity (Wildman–Crippen MR) is 109 cm³/mol. The molecule has 0 bridgehead atoms. The summed E-state index contributed by atoms with van der Waals surface area (Å²) < 4.78 is 33.0.